The van der Waals surface area contributed by atoms with Crippen molar-refractivity contribution in [3.63, 3.8) is 0 Å². The van der Waals surface area contributed by atoms with Crippen LogP contribution in [0.2, 0.25) is 0 Å². The van der Waals surface area contributed by atoms with Crippen molar-refractivity contribution in [3.8, 4) is 11.8 Å². The zero-order valence-electron chi connectivity index (χ0n) is 15.5. The van der Waals surface area contributed by atoms with Gasteiger partial charge >= 0.3 is 5.97 Å². The maximum Gasteiger partial charge on any atom is 0.303 e. The van der Waals surface area contributed by atoms with E-state index in [-0.39, 0.29) is 12.8 Å². The first-order valence-corrected chi connectivity index (χ1v) is 9.17. The summed E-state index contributed by atoms with van der Waals surface area (Å²) >= 11 is 0. The highest BCUT2D eigenvalue weighted by Crippen LogP contribution is 2.06. The minimum Gasteiger partial charge on any atom is -0.481 e. The van der Waals surface area contributed by atoms with Crippen molar-refractivity contribution in [1.29, 1.82) is 0 Å². The van der Waals surface area contributed by atoms with E-state index in [1.54, 1.807) is 12.2 Å². The minimum absolute atomic E-state index is 0.00661. The first kappa shape index (κ1) is 22.4. The van der Waals surface area contributed by atoms with Gasteiger partial charge in [0.2, 0.25) is 0 Å². The number of aliphatic hydroxyl groups excluding tert-OH is 2. The number of hydrogen-bond donors (Lipinski definition) is 3. The van der Waals surface area contributed by atoms with Crippen molar-refractivity contribution >= 4 is 5.97 Å². The Bertz CT molecular complexity index is 677. The lowest BCUT2D eigenvalue weighted by atomic mass is 10.1. The minimum atomic E-state index is -0.997. The van der Waals surface area contributed by atoms with Gasteiger partial charge < -0.3 is 15.3 Å². The summed E-state index contributed by atoms with van der Waals surface area (Å²) in [5.41, 5.74) is 1.30. The molecule has 0 aliphatic carbocycles. The Hall–Kier alpha value is -2.61. The second-order valence-electron chi connectivity index (χ2n) is 6.09. The molecule has 2 atom stereocenters. The predicted molar refractivity (Wildman–Crippen MR) is 108 cm³/mol. The molecule has 27 heavy (non-hydrogen) atoms. The molecular formula is C23H28O4. The van der Waals surface area contributed by atoms with Gasteiger partial charge in [0.25, 0.3) is 0 Å². The average molecular weight is 368 g/mol. The van der Waals surface area contributed by atoms with Crippen LogP contribution in [-0.2, 0) is 11.2 Å². The van der Waals surface area contributed by atoms with E-state index in [4.69, 9.17) is 5.11 Å². The Balaban J connectivity index is 2.15. The number of hydrogen-bond acceptors (Lipinski definition) is 3. The summed E-state index contributed by atoms with van der Waals surface area (Å²) in [5, 5.41) is 28.0. The average Bonchev–Trinajstić information content (AvgIpc) is 2.66. The second kappa shape index (κ2) is 14.5. The molecule has 1 aromatic carbocycles. The summed E-state index contributed by atoms with van der Waals surface area (Å²) in [6, 6.07) is 10.3. The molecule has 0 saturated carbocycles. The molecule has 0 bridgehead atoms. The molecule has 1 aromatic rings. The fraction of sp³-hybridized carbons (Fsp3) is 0.348. The van der Waals surface area contributed by atoms with Gasteiger partial charge in [0.15, 0.2) is 0 Å². The molecule has 1 rings (SSSR count). The van der Waals surface area contributed by atoms with Crippen LogP contribution in [0.5, 0.6) is 0 Å². The fourth-order valence-corrected chi connectivity index (χ4v) is 2.29. The number of carboxylic acid groups (broad SMARTS) is 1. The van der Waals surface area contributed by atoms with Crippen LogP contribution >= 0.6 is 0 Å². The van der Waals surface area contributed by atoms with Gasteiger partial charge in [-0.15, -0.1) is 5.92 Å². The zero-order valence-corrected chi connectivity index (χ0v) is 15.5. The topological polar surface area (TPSA) is 77.8 Å². The van der Waals surface area contributed by atoms with Crippen LogP contribution in [0.3, 0.4) is 0 Å². The van der Waals surface area contributed by atoms with E-state index < -0.39 is 18.2 Å². The highest BCUT2D eigenvalue weighted by molar-refractivity contribution is 5.66. The maximum atomic E-state index is 10.4. The lowest BCUT2D eigenvalue weighted by Gasteiger charge is -2.13. The quantitative estimate of drug-likeness (QED) is 0.411. The van der Waals surface area contributed by atoms with Gasteiger partial charge in [0.05, 0.1) is 12.2 Å². The number of carboxylic acids is 1. The number of carbonyl (C=O) groups is 1. The van der Waals surface area contributed by atoms with E-state index in [1.807, 2.05) is 36.4 Å². The van der Waals surface area contributed by atoms with Gasteiger partial charge in [-0.2, -0.15) is 0 Å². The second-order valence-corrected chi connectivity index (χ2v) is 6.09. The summed E-state index contributed by atoms with van der Waals surface area (Å²) in [4.78, 5) is 10.4. The van der Waals surface area contributed by atoms with E-state index in [9.17, 15) is 15.0 Å². The molecule has 2 unspecified atom stereocenters. The largest absolute Gasteiger partial charge is 0.481 e. The molecule has 0 heterocycles. The number of allylic oxidation sites excluding steroid dienone is 5. The van der Waals surface area contributed by atoms with E-state index >= 15 is 0 Å². The van der Waals surface area contributed by atoms with Gasteiger partial charge in [-0.05, 0) is 24.8 Å². The third-order valence-electron chi connectivity index (χ3n) is 3.79. The van der Waals surface area contributed by atoms with Gasteiger partial charge in [-0.3, -0.25) is 4.79 Å². The fourth-order valence-electron chi connectivity index (χ4n) is 2.29. The van der Waals surface area contributed by atoms with Crippen molar-refractivity contribution in [3.05, 3.63) is 72.4 Å². The first-order valence-electron chi connectivity index (χ1n) is 9.17. The molecule has 3 N–H and O–H groups in total. The Kier molecular flexibility index (Phi) is 12.1. The Morgan fingerprint density at radius 3 is 2.52 bits per heavy atom. The summed E-state index contributed by atoms with van der Waals surface area (Å²) in [6.45, 7) is 0. The van der Waals surface area contributed by atoms with Crippen LogP contribution in [0.25, 0.3) is 0 Å². The molecule has 0 fully saturated rings. The number of aryl methyl sites for hydroxylation is 1. The van der Waals surface area contributed by atoms with Crippen molar-refractivity contribution < 1.29 is 20.1 Å². The van der Waals surface area contributed by atoms with Crippen molar-refractivity contribution in [2.24, 2.45) is 0 Å². The van der Waals surface area contributed by atoms with E-state index in [0.29, 0.717) is 12.8 Å². The smallest absolute Gasteiger partial charge is 0.303 e. The summed E-state index contributed by atoms with van der Waals surface area (Å²) < 4.78 is 0. The number of aliphatic carboxylic acids is 1. The maximum absolute atomic E-state index is 10.4. The molecule has 144 valence electrons. The zero-order chi connectivity index (χ0) is 19.7. The van der Waals surface area contributed by atoms with Crippen LogP contribution in [0.15, 0.2) is 66.8 Å². The van der Waals surface area contributed by atoms with Crippen LogP contribution in [0, 0.1) is 11.8 Å². The first-order chi connectivity index (χ1) is 13.1. The third kappa shape index (κ3) is 12.4. The number of benzene rings is 1. The predicted octanol–water partition coefficient (Wildman–Crippen LogP) is 3.66. The van der Waals surface area contributed by atoms with E-state index in [2.05, 4.69) is 24.0 Å². The standard InChI is InChI=1S/C23H28O4/c24-21(22(25)18-13-19-23(26)27)17-12-7-5-3-1-2-4-6-9-14-20-15-10-8-11-16-20/h1,3,5,7-8,10-12,15-17,21-22,24-25H,2,9,13-14,18-19H2,(H,26,27)/b3-1+,7-5+,17-12+. The van der Waals surface area contributed by atoms with Gasteiger partial charge in [-0.1, -0.05) is 72.7 Å². The number of rotatable bonds is 11. The molecule has 0 aliphatic rings. The van der Waals surface area contributed by atoms with Crippen molar-refractivity contribution in [1.82, 2.24) is 0 Å². The van der Waals surface area contributed by atoms with Gasteiger partial charge in [-0.25, -0.2) is 0 Å². The lowest BCUT2D eigenvalue weighted by molar-refractivity contribution is -0.137. The Labute approximate surface area is 161 Å². The molecular weight excluding hydrogens is 340 g/mol. The van der Waals surface area contributed by atoms with E-state index in [1.165, 1.54) is 11.6 Å². The van der Waals surface area contributed by atoms with Gasteiger partial charge in [0, 0.05) is 19.3 Å². The molecule has 0 aliphatic heterocycles. The van der Waals surface area contributed by atoms with Crippen molar-refractivity contribution in [2.75, 3.05) is 0 Å². The SMILES string of the molecule is O=C(O)CCCC(O)C(O)/C=C/C=C/C=C/CC#CCCc1ccccc1. The molecule has 0 spiro atoms. The number of aliphatic hydroxyl groups is 2. The molecule has 0 radical (unpaired) electrons. The van der Waals surface area contributed by atoms with Crippen LogP contribution in [0.1, 0.15) is 37.7 Å². The highest BCUT2D eigenvalue weighted by Gasteiger charge is 2.12. The monoisotopic (exact) mass is 368 g/mol. The Morgan fingerprint density at radius 2 is 1.78 bits per heavy atom. The molecule has 4 nitrogen and oxygen atoms in total. The van der Waals surface area contributed by atoms with Crippen LogP contribution in [-0.4, -0.2) is 33.5 Å². The van der Waals surface area contributed by atoms with Crippen LogP contribution < -0.4 is 0 Å². The normalized spacial score (nSPS) is 13.7. The Morgan fingerprint density at radius 1 is 1.04 bits per heavy atom. The van der Waals surface area contributed by atoms with Gasteiger partial charge in [0.1, 0.15) is 0 Å². The highest BCUT2D eigenvalue weighted by atomic mass is 16.4. The summed E-state index contributed by atoms with van der Waals surface area (Å²) in [6.07, 6.45) is 11.7. The lowest BCUT2D eigenvalue weighted by Crippen LogP contribution is -2.23. The third-order valence-corrected chi connectivity index (χ3v) is 3.79. The summed E-state index contributed by atoms with van der Waals surface area (Å²) in [5.74, 6) is 5.35. The van der Waals surface area contributed by atoms with E-state index in [0.717, 1.165) is 12.8 Å². The van der Waals surface area contributed by atoms with Crippen LogP contribution in [0.4, 0.5) is 0 Å². The van der Waals surface area contributed by atoms with Crippen molar-refractivity contribution in [2.45, 2.75) is 50.7 Å². The molecule has 0 amide bonds. The molecule has 0 saturated heterocycles. The summed E-state index contributed by atoms with van der Waals surface area (Å²) in [7, 11) is 0. The molecule has 0 aromatic heterocycles. The molecule has 4 heteroatoms.